The number of rotatable bonds is 12. The highest BCUT2D eigenvalue weighted by atomic mass is 79.9. The third kappa shape index (κ3) is 14.5. The number of hydrogen-bond donors (Lipinski definition) is 3. The molecule has 3 N–H and O–H groups in total. The summed E-state index contributed by atoms with van der Waals surface area (Å²) in [5.74, 6) is 2.02. The van der Waals surface area contributed by atoms with Crippen molar-refractivity contribution in [3.8, 4) is 23.0 Å². The molecule has 2 aromatic rings. The number of ether oxygens (including phenoxy) is 4. The first-order valence-electron chi connectivity index (χ1n) is 10.1. The van der Waals surface area contributed by atoms with Crippen LogP contribution in [0, 0.1) is 0 Å². The molecule has 2 rings (SSSR count). The molecule has 0 atom stereocenters. The minimum absolute atomic E-state index is 0. The SMILES string of the molecule is C.C[Si](C)(C)CCOCOc1ccc(Br)c(OCCO)c1.OCCOc1cc(O)ccc1Br. The van der Waals surface area contributed by atoms with E-state index in [2.05, 4.69) is 51.5 Å². The Morgan fingerprint density at radius 2 is 1.33 bits per heavy atom. The first kappa shape index (κ1) is 31.7. The van der Waals surface area contributed by atoms with Gasteiger partial charge in [0.1, 0.15) is 36.2 Å². The molecule has 0 heterocycles. The molecule has 0 saturated carbocycles. The molecule has 33 heavy (non-hydrogen) atoms. The van der Waals surface area contributed by atoms with Crippen LogP contribution in [-0.4, -0.2) is 63.2 Å². The Morgan fingerprint density at radius 1 is 0.788 bits per heavy atom. The summed E-state index contributed by atoms with van der Waals surface area (Å²) in [4.78, 5) is 0. The number of phenols is 1. The van der Waals surface area contributed by atoms with E-state index in [1.807, 2.05) is 12.1 Å². The first-order chi connectivity index (χ1) is 15.2. The van der Waals surface area contributed by atoms with E-state index in [1.54, 1.807) is 18.2 Å². The van der Waals surface area contributed by atoms with Crippen LogP contribution in [-0.2, 0) is 4.74 Å². The zero-order valence-electron chi connectivity index (χ0n) is 18.6. The average Bonchev–Trinajstić information content (AvgIpc) is 2.74. The van der Waals surface area contributed by atoms with Crippen LogP contribution >= 0.6 is 31.9 Å². The minimum atomic E-state index is -1.05. The summed E-state index contributed by atoms with van der Waals surface area (Å²) in [6.07, 6.45) is 0. The van der Waals surface area contributed by atoms with E-state index in [0.717, 1.165) is 21.6 Å². The highest BCUT2D eigenvalue weighted by molar-refractivity contribution is 9.10. The Kier molecular flexibility index (Phi) is 16.5. The third-order valence-electron chi connectivity index (χ3n) is 3.82. The van der Waals surface area contributed by atoms with E-state index in [-0.39, 0.29) is 46.4 Å². The average molecular weight is 612 g/mol. The summed E-state index contributed by atoms with van der Waals surface area (Å²) >= 11 is 6.63. The maximum atomic E-state index is 9.07. The van der Waals surface area contributed by atoms with E-state index in [0.29, 0.717) is 17.2 Å². The summed E-state index contributed by atoms with van der Waals surface area (Å²) in [6, 6.07) is 11.3. The quantitative estimate of drug-likeness (QED) is 0.161. The normalized spacial score (nSPS) is 10.5. The van der Waals surface area contributed by atoms with Crippen molar-refractivity contribution in [1.29, 1.82) is 0 Å². The standard InChI is InChI=1S/C14H23BrO4Si.C8H9BrO3.CH4/c1-20(2,3)9-8-17-11-19-12-4-5-13(15)14(10-12)18-7-6-16;9-7-2-1-6(11)5-8(7)12-4-3-10;/h4-5,10,16H,6-9,11H2,1-3H3;1-2,5,10-11H,3-4H2;1H4. The number of phenolic OH excluding ortho intramolecular Hbond substituents is 1. The number of benzene rings is 2. The van der Waals surface area contributed by atoms with Gasteiger partial charge in [0.05, 0.1) is 22.2 Å². The van der Waals surface area contributed by atoms with E-state index in [9.17, 15) is 0 Å². The molecule has 0 spiro atoms. The van der Waals surface area contributed by atoms with Crippen LogP contribution in [0.3, 0.4) is 0 Å². The minimum Gasteiger partial charge on any atom is -0.508 e. The summed E-state index contributed by atoms with van der Waals surface area (Å²) in [5.41, 5.74) is 0. The van der Waals surface area contributed by atoms with Crippen molar-refractivity contribution in [2.24, 2.45) is 0 Å². The number of aromatic hydroxyl groups is 1. The predicted molar refractivity (Wildman–Crippen MR) is 141 cm³/mol. The van der Waals surface area contributed by atoms with Gasteiger partial charge in [-0.3, -0.25) is 0 Å². The largest absolute Gasteiger partial charge is 0.508 e. The lowest BCUT2D eigenvalue weighted by Crippen LogP contribution is -2.22. The second kappa shape index (κ2) is 17.2. The topological polar surface area (TPSA) is 97.6 Å². The van der Waals surface area contributed by atoms with Crippen molar-refractivity contribution in [2.45, 2.75) is 33.1 Å². The first-order valence-corrected chi connectivity index (χ1v) is 15.4. The maximum absolute atomic E-state index is 9.07. The van der Waals surface area contributed by atoms with Gasteiger partial charge in [-0.05, 0) is 62.2 Å². The molecular weight excluding hydrogens is 576 g/mol. The fourth-order valence-electron chi connectivity index (χ4n) is 2.14. The van der Waals surface area contributed by atoms with Crippen LogP contribution < -0.4 is 14.2 Å². The molecular formula is C23H36Br2O7Si. The molecule has 0 radical (unpaired) electrons. The van der Waals surface area contributed by atoms with Gasteiger partial charge in [0.2, 0.25) is 0 Å². The fourth-order valence-corrected chi connectivity index (χ4v) is 3.62. The zero-order chi connectivity index (χ0) is 24.0. The molecule has 188 valence electrons. The molecule has 0 amide bonds. The predicted octanol–water partition coefficient (Wildman–Crippen LogP) is 5.67. The van der Waals surface area contributed by atoms with Crippen molar-refractivity contribution in [3.63, 3.8) is 0 Å². The Labute approximate surface area is 214 Å². The van der Waals surface area contributed by atoms with E-state index >= 15 is 0 Å². The highest BCUT2D eigenvalue weighted by Gasteiger charge is 2.12. The molecule has 7 nitrogen and oxygen atoms in total. The molecule has 0 unspecified atom stereocenters. The van der Waals surface area contributed by atoms with Crippen LogP contribution in [0.2, 0.25) is 25.7 Å². The lowest BCUT2D eigenvalue weighted by atomic mass is 10.3. The van der Waals surface area contributed by atoms with Gasteiger partial charge < -0.3 is 34.3 Å². The Balaban J connectivity index is 0.000000675. The van der Waals surface area contributed by atoms with E-state index < -0.39 is 8.07 Å². The van der Waals surface area contributed by atoms with Crippen molar-refractivity contribution < 1.29 is 34.3 Å². The fraction of sp³-hybridized carbons (Fsp3) is 0.478. The lowest BCUT2D eigenvalue weighted by molar-refractivity contribution is 0.0219. The lowest BCUT2D eigenvalue weighted by Gasteiger charge is -2.15. The maximum Gasteiger partial charge on any atom is 0.189 e. The Hall–Kier alpha value is -1.30. The summed E-state index contributed by atoms with van der Waals surface area (Å²) < 4.78 is 23.1. The molecule has 0 fully saturated rings. The van der Waals surface area contributed by atoms with Crippen LogP contribution in [0.25, 0.3) is 0 Å². The van der Waals surface area contributed by atoms with Gasteiger partial charge in [-0.2, -0.15) is 0 Å². The Bertz CT molecular complexity index is 801. The van der Waals surface area contributed by atoms with Gasteiger partial charge in [0.25, 0.3) is 0 Å². The van der Waals surface area contributed by atoms with Gasteiger partial charge in [0.15, 0.2) is 6.79 Å². The summed E-state index contributed by atoms with van der Waals surface area (Å²) in [5, 5.41) is 26.3. The van der Waals surface area contributed by atoms with Gasteiger partial charge in [-0.1, -0.05) is 27.1 Å². The number of aliphatic hydroxyl groups is 2. The summed E-state index contributed by atoms with van der Waals surface area (Å²) in [6.45, 7) is 8.35. The van der Waals surface area contributed by atoms with Crippen molar-refractivity contribution in [2.75, 3.05) is 39.8 Å². The van der Waals surface area contributed by atoms with Gasteiger partial charge in [-0.15, -0.1) is 0 Å². The summed E-state index contributed by atoms with van der Waals surface area (Å²) in [7, 11) is -1.05. The molecule has 0 bridgehead atoms. The molecule has 0 aliphatic carbocycles. The Morgan fingerprint density at radius 3 is 1.88 bits per heavy atom. The van der Waals surface area contributed by atoms with Crippen molar-refractivity contribution in [3.05, 3.63) is 45.3 Å². The van der Waals surface area contributed by atoms with Gasteiger partial charge in [0, 0.05) is 26.8 Å². The molecule has 0 aliphatic heterocycles. The number of halogens is 2. The van der Waals surface area contributed by atoms with Crippen LogP contribution in [0.5, 0.6) is 23.0 Å². The second-order valence-electron chi connectivity index (χ2n) is 7.83. The van der Waals surface area contributed by atoms with Gasteiger partial charge in [-0.25, -0.2) is 0 Å². The number of aliphatic hydroxyl groups excluding tert-OH is 2. The molecule has 0 saturated heterocycles. The zero-order valence-corrected chi connectivity index (χ0v) is 22.8. The molecule has 0 aliphatic rings. The van der Waals surface area contributed by atoms with Crippen molar-refractivity contribution in [1.82, 2.24) is 0 Å². The number of hydrogen-bond acceptors (Lipinski definition) is 7. The van der Waals surface area contributed by atoms with Crippen molar-refractivity contribution >= 4 is 39.9 Å². The van der Waals surface area contributed by atoms with Crippen LogP contribution in [0.1, 0.15) is 7.43 Å². The van der Waals surface area contributed by atoms with E-state index in [4.69, 9.17) is 34.3 Å². The van der Waals surface area contributed by atoms with E-state index in [1.165, 1.54) is 6.07 Å². The van der Waals surface area contributed by atoms with Gasteiger partial charge >= 0.3 is 0 Å². The molecule has 10 heteroatoms. The molecule has 0 aromatic heterocycles. The van der Waals surface area contributed by atoms with Crippen LogP contribution in [0.15, 0.2) is 45.3 Å². The second-order valence-corrected chi connectivity index (χ2v) is 15.2. The molecule has 2 aromatic carbocycles. The third-order valence-corrected chi connectivity index (χ3v) is 6.83. The van der Waals surface area contributed by atoms with Crippen LogP contribution in [0.4, 0.5) is 0 Å². The smallest absolute Gasteiger partial charge is 0.189 e. The highest BCUT2D eigenvalue weighted by Crippen LogP contribution is 2.30. The monoisotopic (exact) mass is 610 g/mol.